The van der Waals surface area contributed by atoms with Crippen LogP contribution in [0.3, 0.4) is 0 Å². The van der Waals surface area contributed by atoms with Crippen LogP contribution in [0.5, 0.6) is 11.5 Å². The second-order valence-corrected chi connectivity index (χ2v) is 3.91. The zero-order valence-corrected chi connectivity index (χ0v) is 10.4. The lowest BCUT2D eigenvalue weighted by Gasteiger charge is -2.07. The summed E-state index contributed by atoms with van der Waals surface area (Å²) < 4.78 is 24.3. The van der Waals surface area contributed by atoms with Crippen LogP contribution in [0.2, 0.25) is 0 Å². The molecule has 0 aromatic heterocycles. The lowest BCUT2D eigenvalue weighted by Crippen LogP contribution is -2.37. The molecule has 0 saturated heterocycles. The molecule has 0 N–H and O–H groups in total. The van der Waals surface area contributed by atoms with E-state index in [4.69, 9.17) is 9.47 Å². The molecule has 0 aliphatic rings. The number of ether oxygens (including phenoxy) is 2. The Morgan fingerprint density at radius 3 is 1.33 bits per heavy atom. The van der Waals surface area contributed by atoms with Crippen molar-refractivity contribution in [1.29, 1.82) is 0 Å². The Morgan fingerprint density at radius 1 is 0.722 bits per heavy atom. The fourth-order valence-corrected chi connectivity index (χ4v) is 1.74. The van der Waals surface area contributed by atoms with Gasteiger partial charge in [-0.2, -0.15) is 0 Å². The van der Waals surface area contributed by atoms with Gasteiger partial charge >= 0.3 is 6.99 Å². The Labute approximate surface area is 106 Å². The third-order valence-electron chi connectivity index (χ3n) is 2.82. The molecule has 0 fully saturated rings. The Hall–Kier alpha value is -1.97. The standard InChI is InChI=1S/C14H14BFO2/c1-17-13-7-3-11(4-8-13)15(16)12-5-9-14(18-2)10-6-12/h3-10H,1-2H3. The summed E-state index contributed by atoms with van der Waals surface area (Å²) in [7, 11) is 3.18. The second kappa shape index (κ2) is 5.58. The zero-order valence-electron chi connectivity index (χ0n) is 10.4. The molecular weight excluding hydrogens is 230 g/mol. The van der Waals surface area contributed by atoms with E-state index in [1.54, 1.807) is 62.8 Å². The molecule has 0 radical (unpaired) electrons. The Bertz CT molecular complexity index is 449. The van der Waals surface area contributed by atoms with E-state index in [9.17, 15) is 4.32 Å². The van der Waals surface area contributed by atoms with Gasteiger partial charge in [0.2, 0.25) is 0 Å². The highest BCUT2D eigenvalue weighted by Crippen LogP contribution is 2.09. The second-order valence-electron chi connectivity index (χ2n) is 3.91. The van der Waals surface area contributed by atoms with Gasteiger partial charge in [-0.05, 0) is 35.2 Å². The quantitative estimate of drug-likeness (QED) is 0.763. The van der Waals surface area contributed by atoms with Gasteiger partial charge < -0.3 is 13.8 Å². The van der Waals surface area contributed by atoms with E-state index in [1.807, 2.05) is 0 Å². The summed E-state index contributed by atoms with van der Waals surface area (Å²) in [4.78, 5) is 0. The monoisotopic (exact) mass is 244 g/mol. The van der Waals surface area contributed by atoms with Gasteiger partial charge in [0.15, 0.2) is 0 Å². The van der Waals surface area contributed by atoms with Crippen molar-refractivity contribution in [2.75, 3.05) is 14.2 Å². The highest BCUT2D eigenvalue weighted by Gasteiger charge is 2.19. The van der Waals surface area contributed by atoms with Gasteiger partial charge in [-0.1, -0.05) is 24.3 Å². The van der Waals surface area contributed by atoms with Crippen molar-refractivity contribution in [1.82, 2.24) is 0 Å². The van der Waals surface area contributed by atoms with Crippen molar-refractivity contribution in [3.8, 4) is 11.5 Å². The number of methoxy groups -OCH3 is 2. The van der Waals surface area contributed by atoms with Crippen LogP contribution in [-0.4, -0.2) is 21.2 Å². The number of benzene rings is 2. The van der Waals surface area contributed by atoms with E-state index in [1.165, 1.54) is 0 Å². The van der Waals surface area contributed by atoms with E-state index in [2.05, 4.69) is 0 Å². The van der Waals surface area contributed by atoms with E-state index in [-0.39, 0.29) is 0 Å². The molecule has 0 spiro atoms. The first-order valence-electron chi connectivity index (χ1n) is 5.66. The third kappa shape index (κ3) is 2.64. The van der Waals surface area contributed by atoms with Gasteiger partial charge in [0, 0.05) is 0 Å². The predicted molar refractivity (Wildman–Crippen MR) is 72.1 cm³/mol. The van der Waals surface area contributed by atoms with Gasteiger partial charge in [0.1, 0.15) is 11.5 Å². The molecule has 92 valence electrons. The van der Waals surface area contributed by atoms with E-state index in [0.29, 0.717) is 10.9 Å². The van der Waals surface area contributed by atoms with Crippen molar-refractivity contribution < 1.29 is 13.8 Å². The third-order valence-corrected chi connectivity index (χ3v) is 2.82. The van der Waals surface area contributed by atoms with Gasteiger partial charge in [-0.15, -0.1) is 0 Å². The van der Waals surface area contributed by atoms with Gasteiger partial charge in [0.05, 0.1) is 14.2 Å². The minimum atomic E-state index is -1.14. The molecule has 0 heterocycles. The fraction of sp³-hybridized carbons (Fsp3) is 0.143. The highest BCUT2D eigenvalue weighted by molar-refractivity contribution is 6.79. The number of halogens is 1. The highest BCUT2D eigenvalue weighted by atomic mass is 19.1. The molecule has 2 nitrogen and oxygen atoms in total. The van der Waals surface area contributed by atoms with E-state index < -0.39 is 6.99 Å². The molecule has 0 amide bonds. The maximum atomic E-state index is 14.3. The SMILES string of the molecule is COc1ccc(B(F)c2ccc(OC)cc2)cc1. The first-order chi connectivity index (χ1) is 8.74. The summed E-state index contributed by atoms with van der Waals surface area (Å²) in [6, 6.07) is 13.9. The van der Waals surface area contributed by atoms with Crippen LogP contribution in [0.15, 0.2) is 48.5 Å². The molecule has 18 heavy (non-hydrogen) atoms. The van der Waals surface area contributed by atoms with E-state index >= 15 is 0 Å². The molecule has 2 aromatic carbocycles. The molecule has 0 unspecified atom stereocenters. The molecule has 0 saturated carbocycles. The molecular formula is C14H14BFO2. The minimum absolute atomic E-state index is 0.612. The average Bonchev–Trinajstić information content (AvgIpc) is 2.47. The molecule has 0 aliphatic carbocycles. The van der Waals surface area contributed by atoms with Crippen LogP contribution in [0.4, 0.5) is 4.32 Å². The van der Waals surface area contributed by atoms with Crippen LogP contribution < -0.4 is 20.4 Å². The van der Waals surface area contributed by atoms with Crippen LogP contribution in [-0.2, 0) is 0 Å². The zero-order chi connectivity index (χ0) is 13.0. The molecule has 0 aliphatic heterocycles. The molecule has 0 atom stereocenters. The van der Waals surface area contributed by atoms with Crippen molar-refractivity contribution in [2.24, 2.45) is 0 Å². The summed E-state index contributed by atoms with van der Waals surface area (Å²) in [6.07, 6.45) is 0. The number of hydrogen-bond acceptors (Lipinski definition) is 2. The van der Waals surface area contributed by atoms with Crippen LogP contribution in [0.1, 0.15) is 0 Å². The summed E-state index contributed by atoms with van der Waals surface area (Å²) in [5.74, 6) is 1.45. The lowest BCUT2D eigenvalue weighted by molar-refractivity contribution is 0.415. The molecule has 2 rings (SSSR count). The first kappa shape index (κ1) is 12.5. The summed E-state index contributed by atoms with van der Waals surface area (Å²) in [6.45, 7) is -1.14. The fourth-order valence-electron chi connectivity index (χ4n) is 1.74. The van der Waals surface area contributed by atoms with Crippen molar-refractivity contribution in [2.45, 2.75) is 0 Å². The van der Waals surface area contributed by atoms with Gasteiger partial charge in [0.25, 0.3) is 0 Å². The molecule has 0 bridgehead atoms. The number of rotatable bonds is 4. The Balaban J connectivity index is 2.20. The Morgan fingerprint density at radius 2 is 1.06 bits per heavy atom. The molecule has 2 aromatic rings. The van der Waals surface area contributed by atoms with Crippen molar-refractivity contribution in [3.63, 3.8) is 0 Å². The summed E-state index contributed by atoms with van der Waals surface area (Å²) in [5, 5.41) is 0. The van der Waals surface area contributed by atoms with Crippen molar-refractivity contribution >= 4 is 17.9 Å². The normalized spacial score (nSPS) is 9.94. The first-order valence-corrected chi connectivity index (χ1v) is 5.66. The Kier molecular flexibility index (Phi) is 3.87. The van der Waals surface area contributed by atoms with Crippen molar-refractivity contribution in [3.05, 3.63) is 48.5 Å². The van der Waals surface area contributed by atoms with E-state index in [0.717, 1.165) is 11.5 Å². The van der Waals surface area contributed by atoms with Gasteiger partial charge in [-0.3, -0.25) is 0 Å². The maximum absolute atomic E-state index is 14.3. The largest absolute Gasteiger partial charge is 0.497 e. The average molecular weight is 244 g/mol. The summed E-state index contributed by atoms with van der Waals surface area (Å²) in [5.41, 5.74) is 1.22. The minimum Gasteiger partial charge on any atom is -0.497 e. The topological polar surface area (TPSA) is 18.5 Å². The van der Waals surface area contributed by atoms with Gasteiger partial charge in [-0.25, -0.2) is 0 Å². The lowest BCUT2D eigenvalue weighted by atomic mass is 9.58. The molecule has 4 heteroatoms. The smallest absolute Gasteiger partial charge is 0.413 e. The van der Waals surface area contributed by atoms with Crippen LogP contribution >= 0.6 is 0 Å². The number of hydrogen-bond donors (Lipinski definition) is 0. The maximum Gasteiger partial charge on any atom is 0.413 e. The van der Waals surface area contributed by atoms with Crippen LogP contribution in [0.25, 0.3) is 0 Å². The summed E-state index contributed by atoms with van der Waals surface area (Å²) >= 11 is 0. The predicted octanol–water partition coefficient (Wildman–Crippen LogP) is 1.78. The van der Waals surface area contributed by atoms with Crippen LogP contribution in [0, 0.1) is 0 Å².